The van der Waals surface area contributed by atoms with Gasteiger partial charge in [-0.15, -0.1) is 0 Å². The Balaban J connectivity index is 1.90. The highest BCUT2D eigenvalue weighted by molar-refractivity contribution is 14.1. The number of aromatic carboxylic acids is 1. The summed E-state index contributed by atoms with van der Waals surface area (Å²) in [5.41, 5.74) is 0.143. The maximum atomic E-state index is 11.1. The van der Waals surface area contributed by atoms with Crippen LogP contribution < -0.4 is 9.47 Å². The molecule has 1 N–H and O–H groups in total. The van der Waals surface area contributed by atoms with Crippen molar-refractivity contribution in [2.75, 3.05) is 13.2 Å². The molecule has 0 aromatic heterocycles. The van der Waals surface area contributed by atoms with E-state index in [0.29, 0.717) is 23.1 Å². The van der Waals surface area contributed by atoms with Gasteiger partial charge >= 0.3 is 5.97 Å². The quantitative estimate of drug-likeness (QED) is 0.567. The molecule has 0 amide bonds. The molecule has 2 aromatic rings. The summed E-state index contributed by atoms with van der Waals surface area (Å²) in [4.78, 5) is 11.1. The van der Waals surface area contributed by atoms with Crippen molar-refractivity contribution in [3.05, 3.63) is 56.6 Å². The topological polar surface area (TPSA) is 55.8 Å². The molecule has 0 spiro atoms. The van der Waals surface area contributed by atoms with Gasteiger partial charge in [0.15, 0.2) is 0 Å². The number of carboxylic acids is 1. The van der Waals surface area contributed by atoms with Crippen LogP contribution in [0, 0.1) is 3.57 Å². The molecular formula is C15H12ClIO4. The summed E-state index contributed by atoms with van der Waals surface area (Å²) in [6.45, 7) is 0.540. The van der Waals surface area contributed by atoms with Crippen molar-refractivity contribution in [1.82, 2.24) is 0 Å². The summed E-state index contributed by atoms with van der Waals surface area (Å²) >= 11 is 7.90. The van der Waals surface area contributed by atoms with Crippen LogP contribution in [0.4, 0.5) is 0 Å². The van der Waals surface area contributed by atoms with Crippen LogP contribution in [-0.4, -0.2) is 24.3 Å². The van der Waals surface area contributed by atoms with Crippen LogP contribution in [0.1, 0.15) is 10.4 Å². The highest BCUT2D eigenvalue weighted by Crippen LogP contribution is 2.21. The molecule has 0 aliphatic carbocycles. The van der Waals surface area contributed by atoms with E-state index in [9.17, 15) is 4.79 Å². The number of ether oxygens (including phenoxy) is 2. The Hall–Kier alpha value is -1.47. The summed E-state index contributed by atoms with van der Waals surface area (Å²) in [5, 5.41) is 9.72. The van der Waals surface area contributed by atoms with Gasteiger partial charge in [0, 0.05) is 8.59 Å². The van der Waals surface area contributed by atoms with Gasteiger partial charge in [-0.3, -0.25) is 0 Å². The lowest BCUT2D eigenvalue weighted by molar-refractivity contribution is 0.0691. The van der Waals surface area contributed by atoms with Crippen LogP contribution in [0.25, 0.3) is 0 Å². The molecule has 0 saturated carbocycles. The van der Waals surface area contributed by atoms with E-state index >= 15 is 0 Å². The molecule has 0 heterocycles. The van der Waals surface area contributed by atoms with E-state index in [1.807, 2.05) is 0 Å². The van der Waals surface area contributed by atoms with Crippen molar-refractivity contribution >= 4 is 40.2 Å². The van der Waals surface area contributed by atoms with Crippen molar-refractivity contribution in [3.63, 3.8) is 0 Å². The lowest BCUT2D eigenvalue weighted by atomic mass is 10.2. The monoisotopic (exact) mass is 418 g/mol. The standard InChI is InChI=1S/C15H12ClIO4/c16-10-2-1-3-12(8-10)20-6-7-21-14-5-4-11(17)9-13(14)15(18)19/h1-5,8-9H,6-7H2,(H,18,19). The van der Waals surface area contributed by atoms with Crippen LogP contribution in [-0.2, 0) is 0 Å². The molecule has 0 bridgehead atoms. The Kier molecular flexibility index (Phi) is 5.69. The van der Waals surface area contributed by atoms with Crippen molar-refractivity contribution in [2.45, 2.75) is 0 Å². The zero-order valence-electron chi connectivity index (χ0n) is 10.9. The first kappa shape index (κ1) is 15.9. The molecule has 110 valence electrons. The molecule has 21 heavy (non-hydrogen) atoms. The van der Waals surface area contributed by atoms with Gasteiger partial charge in [-0.05, 0) is 59.0 Å². The zero-order chi connectivity index (χ0) is 15.2. The maximum Gasteiger partial charge on any atom is 0.339 e. The number of rotatable bonds is 6. The highest BCUT2D eigenvalue weighted by Gasteiger charge is 2.11. The molecule has 0 saturated heterocycles. The Morgan fingerprint density at radius 1 is 1.14 bits per heavy atom. The SMILES string of the molecule is O=C(O)c1cc(I)ccc1OCCOc1cccc(Cl)c1. The number of benzene rings is 2. The number of halogens is 2. The van der Waals surface area contributed by atoms with Crippen LogP contribution in [0.3, 0.4) is 0 Å². The fourth-order valence-electron chi connectivity index (χ4n) is 1.66. The van der Waals surface area contributed by atoms with Crippen molar-refractivity contribution < 1.29 is 19.4 Å². The lowest BCUT2D eigenvalue weighted by Gasteiger charge is -2.10. The second-order valence-corrected chi connectivity index (χ2v) is 5.78. The van der Waals surface area contributed by atoms with Gasteiger partial charge in [-0.2, -0.15) is 0 Å². The minimum absolute atomic E-state index is 0.143. The van der Waals surface area contributed by atoms with E-state index in [1.54, 1.807) is 42.5 Å². The fourth-order valence-corrected chi connectivity index (χ4v) is 2.33. The number of hydrogen-bond donors (Lipinski definition) is 1. The first-order chi connectivity index (χ1) is 10.1. The predicted molar refractivity (Wildman–Crippen MR) is 88.6 cm³/mol. The third-order valence-corrected chi connectivity index (χ3v) is 3.48. The fraction of sp³-hybridized carbons (Fsp3) is 0.133. The summed E-state index contributed by atoms with van der Waals surface area (Å²) in [6.07, 6.45) is 0. The second-order valence-electron chi connectivity index (χ2n) is 4.10. The third kappa shape index (κ3) is 4.78. The normalized spacial score (nSPS) is 10.2. The summed E-state index contributed by atoms with van der Waals surface area (Å²) in [6, 6.07) is 12.0. The predicted octanol–water partition coefficient (Wildman–Crippen LogP) is 4.10. The average molecular weight is 419 g/mol. The second kappa shape index (κ2) is 7.51. The molecule has 2 aromatic carbocycles. The van der Waals surface area contributed by atoms with E-state index in [2.05, 4.69) is 22.6 Å². The van der Waals surface area contributed by atoms with Crippen LogP contribution in [0.5, 0.6) is 11.5 Å². The molecule has 2 rings (SSSR count). The Labute approximate surface area is 140 Å². The van der Waals surface area contributed by atoms with Crippen LogP contribution in [0.15, 0.2) is 42.5 Å². The molecule has 0 fully saturated rings. The van der Waals surface area contributed by atoms with E-state index in [0.717, 1.165) is 3.57 Å². The average Bonchev–Trinajstić information content (AvgIpc) is 2.44. The van der Waals surface area contributed by atoms with Crippen molar-refractivity contribution in [1.29, 1.82) is 0 Å². The van der Waals surface area contributed by atoms with Crippen LogP contribution >= 0.6 is 34.2 Å². The van der Waals surface area contributed by atoms with E-state index < -0.39 is 5.97 Å². The van der Waals surface area contributed by atoms with E-state index in [4.69, 9.17) is 26.2 Å². The van der Waals surface area contributed by atoms with Crippen LogP contribution in [0.2, 0.25) is 5.02 Å². The number of carbonyl (C=O) groups is 1. The Morgan fingerprint density at radius 3 is 2.62 bits per heavy atom. The molecule has 4 nitrogen and oxygen atoms in total. The van der Waals surface area contributed by atoms with E-state index in [1.165, 1.54) is 0 Å². The van der Waals surface area contributed by atoms with Gasteiger partial charge in [-0.25, -0.2) is 4.79 Å². The summed E-state index contributed by atoms with van der Waals surface area (Å²) in [7, 11) is 0. The lowest BCUT2D eigenvalue weighted by Crippen LogP contribution is -2.11. The molecule has 0 radical (unpaired) electrons. The highest BCUT2D eigenvalue weighted by atomic mass is 127. The van der Waals surface area contributed by atoms with Gasteiger partial charge in [-0.1, -0.05) is 17.7 Å². The van der Waals surface area contributed by atoms with Gasteiger partial charge in [0.1, 0.15) is 30.3 Å². The van der Waals surface area contributed by atoms with Crippen molar-refractivity contribution in [3.8, 4) is 11.5 Å². The van der Waals surface area contributed by atoms with Gasteiger partial charge in [0.25, 0.3) is 0 Å². The zero-order valence-corrected chi connectivity index (χ0v) is 13.8. The molecule has 6 heteroatoms. The molecule has 0 unspecified atom stereocenters. The first-order valence-corrected chi connectivity index (χ1v) is 7.56. The number of carboxylic acid groups (broad SMARTS) is 1. The first-order valence-electron chi connectivity index (χ1n) is 6.10. The Morgan fingerprint density at radius 2 is 1.90 bits per heavy atom. The van der Waals surface area contributed by atoms with Gasteiger partial charge < -0.3 is 14.6 Å². The molecule has 0 aliphatic rings. The Bertz CT molecular complexity index is 645. The molecule has 0 aliphatic heterocycles. The minimum Gasteiger partial charge on any atom is -0.490 e. The third-order valence-electron chi connectivity index (χ3n) is 2.58. The maximum absolute atomic E-state index is 11.1. The molecular weight excluding hydrogens is 407 g/mol. The van der Waals surface area contributed by atoms with E-state index in [-0.39, 0.29) is 12.2 Å². The van der Waals surface area contributed by atoms with Gasteiger partial charge in [0.05, 0.1) is 0 Å². The largest absolute Gasteiger partial charge is 0.490 e. The van der Waals surface area contributed by atoms with Crippen molar-refractivity contribution in [2.24, 2.45) is 0 Å². The van der Waals surface area contributed by atoms with Gasteiger partial charge in [0.2, 0.25) is 0 Å². The smallest absolute Gasteiger partial charge is 0.339 e. The number of hydrogen-bond acceptors (Lipinski definition) is 3. The summed E-state index contributed by atoms with van der Waals surface area (Å²) < 4.78 is 11.8. The minimum atomic E-state index is -1.01. The molecule has 0 atom stereocenters. The summed E-state index contributed by atoms with van der Waals surface area (Å²) in [5.74, 6) is -0.0379.